The first-order chi connectivity index (χ1) is 12.0. The van der Waals surface area contributed by atoms with E-state index in [-0.39, 0.29) is 6.04 Å². The number of hydrogen-bond donors (Lipinski definition) is 3. The largest absolute Gasteiger partial charge is 0.384 e. The molecule has 2 aromatic rings. The standard InChI is InChI=1S/C21H24N4/c1-15(17(3)24-18-10-6-4-7-11-18)16(2)20(14-22)21(23)25-19-12-8-5-9-13-19/h4-13,17,24-25H,23H2,1-3H3/b16-15-,21-20+. The van der Waals surface area contributed by atoms with E-state index < -0.39 is 0 Å². The Morgan fingerprint density at radius 1 is 0.960 bits per heavy atom. The van der Waals surface area contributed by atoms with Crippen molar-refractivity contribution < 1.29 is 0 Å². The molecule has 0 aliphatic heterocycles. The number of benzene rings is 2. The van der Waals surface area contributed by atoms with E-state index in [2.05, 4.69) is 23.6 Å². The van der Waals surface area contributed by atoms with Gasteiger partial charge in [-0.05, 0) is 56.2 Å². The average Bonchev–Trinajstić information content (AvgIpc) is 2.63. The number of anilines is 2. The van der Waals surface area contributed by atoms with Crippen LogP contribution in [-0.2, 0) is 0 Å². The quantitative estimate of drug-likeness (QED) is 0.532. The molecule has 0 saturated carbocycles. The van der Waals surface area contributed by atoms with Crippen LogP contribution in [0.15, 0.2) is 83.2 Å². The predicted molar refractivity (Wildman–Crippen MR) is 105 cm³/mol. The van der Waals surface area contributed by atoms with Crippen molar-refractivity contribution in [3.63, 3.8) is 0 Å². The summed E-state index contributed by atoms with van der Waals surface area (Å²) in [4.78, 5) is 0. The van der Waals surface area contributed by atoms with Gasteiger partial charge in [-0.1, -0.05) is 36.4 Å². The minimum absolute atomic E-state index is 0.0790. The zero-order valence-corrected chi connectivity index (χ0v) is 14.9. The van der Waals surface area contributed by atoms with Gasteiger partial charge in [-0.15, -0.1) is 0 Å². The van der Waals surface area contributed by atoms with Crippen LogP contribution >= 0.6 is 0 Å². The summed E-state index contributed by atoms with van der Waals surface area (Å²) in [5.41, 5.74) is 10.4. The van der Waals surface area contributed by atoms with E-state index in [1.807, 2.05) is 74.5 Å². The molecule has 0 radical (unpaired) electrons. The van der Waals surface area contributed by atoms with Crippen LogP contribution in [0.5, 0.6) is 0 Å². The molecule has 0 spiro atoms. The third-order valence-electron chi connectivity index (χ3n) is 4.21. The van der Waals surface area contributed by atoms with Crippen LogP contribution in [0.3, 0.4) is 0 Å². The molecule has 0 amide bonds. The number of allylic oxidation sites excluding steroid dienone is 2. The first-order valence-electron chi connectivity index (χ1n) is 8.24. The minimum atomic E-state index is 0.0790. The molecule has 1 atom stereocenters. The van der Waals surface area contributed by atoms with Gasteiger partial charge < -0.3 is 16.4 Å². The van der Waals surface area contributed by atoms with Crippen LogP contribution in [-0.4, -0.2) is 6.04 Å². The zero-order valence-electron chi connectivity index (χ0n) is 14.9. The first-order valence-corrected chi connectivity index (χ1v) is 8.24. The summed E-state index contributed by atoms with van der Waals surface area (Å²) in [6, 6.07) is 21.9. The van der Waals surface area contributed by atoms with Crippen molar-refractivity contribution >= 4 is 11.4 Å². The lowest BCUT2D eigenvalue weighted by Crippen LogP contribution is -2.19. The van der Waals surface area contributed by atoms with E-state index in [1.165, 1.54) is 0 Å². The summed E-state index contributed by atoms with van der Waals surface area (Å²) in [6.07, 6.45) is 0. The molecular weight excluding hydrogens is 308 g/mol. The van der Waals surface area contributed by atoms with E-state index in [1.54, 1.807) is 0 Å². The molecular formula is C21H24N4. The van der Waals surface area contributed by atoms with Gasteiger partial charge in [0.25, 0.3) is 0 Å². The van der Waals surface area contributed by atoms with Crippen LogP contribution < -0.4 is 16.4 Å². The molecule has 1 unspecified atom stereocenters. The van der Waals surface area contributed by atoms with Crippen LogP contribution in [0.2, 0.25) is 0 Å². The molecule has 2 rings (SSSR count). The summed E-state index contributed by atoms with van der Waals surface area (Å²) in [6.45, 7) is 6.02. The smallest absolute Gasteiger partial charge is 0.119 e. The lowest BCUT2D eigenvalue weighted by Gasteiger charge is -2.19. The molecule has 2 aromatic carbocycles. The van der Waals surface area contributed by atoms with Gasteiger partial charge in [-0.25, -0.2) is 0 Å². The van der Waals surface area contributed by atoms with Crippen molar-refractivity contribution in [2.45, 2.75) is 26.8 Å². The monoisotopic (exact) mass is 332 g/mol. The highest BCUT2D eigenvalue weighted by atomic mass is 15.0. The zero-order chi connectivity index (χ0) is 18.2. The Morgan fingerprint density at radius 2 is 1.48 bits per heavy atom. The maximum atomic E-state index is 9.58. The fourth-order valence-electron chi connectivity index (χ4n) is 2.50. The number of nitrogens with one attached hydrogen (secondary N) is 2. The van der Waals surface area contributed by atoms with Crippen molar-refractivity contribution in [2.75, 3.05) is 10.6 Å². The third-order valence-corrected chi connectivity index (χ3v) is 4.21. The highest BCUT2D eigenvalue weighted by Gasteiger charge is 2.13. The predicted octanol–water partition coefficient (Wildman–Crippen LogP) is 4.63. The fourth-order valence-corrected chi connectivity index (χ4v) is 2.50. The summed E-state index contributed by atoms with van der Waals surface area (Å²) in [5, 5.41) is 16.1. The topological polar surface area (TPSA) is 73.9 Å². The normalized spacial score (nSPS) is 13.8. The molecule has 4 heteroatoms. The molecule has 0 aliphatic rings. The Labute approximate surface area is 149 Å². The van der Waals surface area contributed by atoms with Crippen molar-refractivity contribution in [3.8, 4) is 6.07 Å². The van der Waals surface area contributed by atoms with Crippen molar-refractivity contribution in [2.24, 2.45) is 5.73 Å². The summed E-state index contributed by atoms with van der Waals surface area (Å²) < 4.78 is 0. The van der Waals surface area contributed by atoms with Crippen LogP contribution in [0.4, 0.5) is 11.4 Å². The fraction of sp³-hybridized carbons (Fsp3) is 0.190. The number of hydrogen-bond acceptors (Lipinski definition) is 4. The maximum Gasteiger partial charge on any atom is 0.119 e. The molecule has 4 nitrogen and oxygen atoms in total. The molecule has 0 aliphatic carbocycles. The molecule has 0 bridgehead atoms. The Balaban J connectivity index is 2.23. The van der Waals surface area contributed by atoms with E-state index >= 15 is 0 Å². The number of nitriles is 1. The van der Waals surface area contributed by atoms with E-state index in [4.69, 9.17) is 5.73 Å². The maximum absolute atomic E-state index is 9.58. The van der Waals surface area contributed by atoms with Gasteiger partial charge >= 0.3 is 0 Å². The van der Waals surface area contributed by atoms with Crippen molar-refractivity contribution in [1.29, 1.82) is 5.26 Å². The third kappa shape index (κ3) is 4.89. The van der Waals surface area contributed by atoms with E-state index in [0.717, 1.165) is 22.5 Å². The summed E-state index contributed by atoms with van der Waals surface area (Å²) in [5.74, 6) is 0.359. The molecule has 0 aromatic heterocycles. The molecule has 4 N–H and O–H groups in total. The Hall–Kier alpha value is -3.19. The first kappa shape index (κ1) is 18.2. The number of para-hydroxylation sites is 2. The van der Waals surface area contributed by atoms with Gasteiger partial charge in [0.1, 0.15) is 11.9 Å². The SMILES string of the molecule is CC(/C(C#N)=C(\N)Nc1ccccc1)=C(\C)C(C)Nc1ccccc1. The average molecular weight is 332 g/mol. The Morgan fingerprint density at radius 3 is 2.00 bits per heavy atom. The highest BCUT2D eigenvalue weighted by molar-refractivity contribution is 5.56. The van der Waals surface area contributed by atoms with Gasteiger partial charge in [0.05, 0.1) is 5.57 Å². The van der Waals surface area contributed by atoms with Crippen LogP contribution in [0.25, 0.3) is 0 Å². The second kappa shape index (κ2) is 8.60. The van der Waals surface area contributed by atoms with Gasteiger partial charge in [0, 0.05) is 17.4 Å². The summed E-state index contributed by atoms with van der Waals surface area (Å²) >= 11 is 0. The highest BCUT2D eigenvalue weighted by Crippen LogP contribution is 2.21. The number of nitrogens with two attached hydrogens (primary N) is 1. The van der Waals surface area contributed by atoms with Crippen LogP contribution in [0.1, 0.15) is 20.8 Å². The van der Waals surface area contributed by atoms with E-state index in [9.17, 15) is 5.26 Å². The molecule has 0 saturated heterocycles. The second-order valence-corrected chi connectivity index (χ2v) is 5.93. The van der Waals surface area contributed by atoms with Gasteiger partial charge in [-0.3, -0.25) is 0 Å². The molecule has 0 heterocycles. The number of rotatable bonds is 6. The van der Waals surface area contributed by atoms with Crippen LogP contribution in [0, 0.1) is 11.3 Å². The van der Waals surface area contributed by atoms with E-state index in [0.29, 0.717) is 11.4 Å². The van der Waals surface area contributed by atoms with Gasteiger partial charge in [0.15, 0.2) is 0 Å². The molecule has 0 fully saturated rings. The Bertz CT molecular complexity index is 799. The van der Waals surface area contributed by atoms with Gasteiger partial charge in [-0.2, -0.15) is 5.26 Å². The minimum Gasteiger partial charge on any atom is -0.384 e. The van der Waals surface area contributed by atoms with Crippen molar-refractivity contribution in [1.82, 2.24) is 0 Å². The summed E-state index contributed by atoms with van der Waals surface area (Å²) in [7, 11) is 0. The second-order valence-electron chi connectivity index (χ2n) is 5.93. The lowest BCUT2D eigenvalue weighted by atomic mass is 9.98. The Kier molecular flexibility index (Phi) is 6.25. The van der Waals surface area contributed by atoms with Gasteiger partial charge in [0.2, 0.25) is 0 Å². The molecule has 128 valence electrons. The number of nitrogens with zero attached hydrogens (tertiary/aromatic N) is 1. The lowest BCUT2D eigenvalue weighted by molar-refractivity contribution is 0.906. The van der Waals surface area contributed by atoms with Crippen molar-refractivity contribution in [3.05, 3.63) is 83.2 Å². The molecule has 25 heavy (non-hydrogen) atoms.